The second-order valence-corrected chi connectivity index (χ2v) is 8.17. The summed E-state index contributed by atoms with van der Waals surface area (Å²) in [6.07, 6.45) is 6.78. The molecule has 1 N–H and O–H groups in total. The molecule has 0 saturated carbocycles. The largest absolute Gasteiger partial charge is 0.463 e. The maximum absolute atomic E-state index is 12.1. The van der Waals surface area contributed by atoms with Crippen molar-refractivity contribution in [3.63, 3.8) is 0 Å². The van der Waals surface area contributed by atoms with Crippen molar-refractivity contribution in [2.24, 2.45) is 0 Å². The predicted octanol–water partition coefficient (Wildman–Crippen LogP) is 4.23. The molecule has 0 heterocycles. The van der Waals surface area contributed by atoms with Gasteiger partial charge in [-0.15, -0.1) is 0 Å². The normalized spacial score (nSPS) is 13.6. The molecule has 2 atom stereocenters. The van der Waals surface area contributed by atoms with Crippen molar-refractivity contribution in [1.29, 1.82) is 0 Å². The number of aliphatic hydroxyl groups excluding tert-OH is 1. The third-order valence-corrected chi connectivity index (χ3v) is 5.37. The standard InChI is InChI=1S/C20H32O4S/c1-17(2)24-20(22)15-11-6-4-3-5-8-12-18(21)16-25(23)19-13-9-7-10-14-19/h7,9-10,13-14,17-18,21H,3-6,8,11-12,15-16H2,1-2H3. The molecule has 5 heteroatoms. The van der Waals surface area contributed by atoms with Crippen LogP contribution in [0.5, 0.6) is 0 Å². The Labute approximate surface area is 154 Å². The van der Waals surface area contributed by atoms with Gasteiger partial charge in [0.05, 0.1) is 28.8 Å². The molecule has 2 unspecified atom stereocenters. The summed E-state index contributed by atoms with van der Waals surface area (Å²) >= 11 is 0. The second kappa shape index (κ2) is 13.1. The molecule has 25 heavy (non-hydrogen) atoms. The van der Waals surface area contributed by atoms with E-state index in [4.69, 9.17) is 4.74 Å². The van der Waals surface area contributed by atoms with Gasteiger partial charge in [0.2, 0.25) is 0 Å². The first kappa shape index (κ1) is 21.8. The molecule has 0 aromatic heterocycles. The molecule has 0 radical (unpaired) electrons. The van der Waals surface area contributed by atoms with Gasteiger partial charge in [0.25, 0.3) is 0 Å². The van der Waals surface area contributed by atoms with Crippen LogP contribution in [0.1, 0.15) is 65.2 Å². The van der Waals surface area contributed by atoms with Crippen LogP contribution in [0.25, 0.3) is 0 Å². The van der Waals surface area contributed by atoms with Gasteiger partial charge in [-0.05, 0) is 38.8 Å². The topological polar surface area (TPSA) is 63.6 Å². The number of rotatable bonds is 13. The number of aliphatic hydroxyl groups is 1. The quantitative estimate of drug-likeness (QED) is 0.418. The first-order valence-corrected chi connectivity index (χ1v) is 10.6. The maximum Gasteiger partial charge on any atom is 0.306 e. The Morgan fingerprint density at radius 2 is 1.64 bits per heavy atom. The van der Waals surface area contributed by atoms with E-state index in [2.05, 4.69) is 0 Å². The Hall–Kier alpha value is -1.20. The number of unbranched alkanes of at least 4 members (excludes halogenated alkanes) is 5. The maximum atomic E-state index is 12.1. The van der Waals surface area contributed by atoms with Gasteiger partial charge in [-0.25, -0.2) is 0 Å². The number of ether oxygens (including phenoxy) is 1. The highest BCUT2D eigenvalue weighted by Crippen LogP contribution is 2.13. The summed E-state index contributed by atoms with van der Waals surface area (Å²) in [4.78, 5) is 12.2. The van der Waals surface area contributed by atoms with E-state index < -0.39 is 16.9 Å². The lowest BCUT2D eigenvalue weighted by atomic mass is 10.1. The highest BCUT2D eigenvalue weighted by Gasteiger charge is 2.11. The van der Waals surface area contributed by atoms with Crippen molar-refractivity contribution in [2.75, 3.05) is 5.75 Å². The smallest absolute Gasteiger partial charge is 0.306 e. The van der Waals surface area contributed by atoms with Crippen molar-refractivity contribution in [2.45, 2.75) is 82.3 Å². The fourth-order valence-electron chi connectivity index (χ4n) is 2.60. The zero-order valence-electron chi connectivity index (χ0n) is 15.5. The molecule has 0 aliphatic rings. The number of hydrogen-bond acceptors (Lipinski definition) is 4. The molecule has 0 aliphatic carbocycles. The molecular formula is C20H32O4S. The Bertz CT molecular complexity index is 502. The van der Waals surface area contributed by atoms with Gasteiger partial charge in [0, 0.05) is 11.3 Å². The molecule has 0 aliphatic heterocycles. The summed E-state index contributed by atoms with van der Waals surface area (Å²) in [7, 11) is -1.13. The van der Waals surface area contributed by atoms with Crippen molar-refractivity contribution in [3.8, 4) is 0 Å². The summed E-state index contributed by atoms with van der Waals surface area (Å²) in [6.45, 7) is 3.73. The Morgan fingerprint density at radius 3 is 2.28 bits per heavy atom. The minimum absolute atomic E-state index is 0.0323. The molecule has 4 nitrogen and oxygen atoms in total. The van der Waals surface area contributed by atoms with Gasteiger partial charge >= 0.3 is 5.97 Å². The average molecular weight is 369 g/mol. The van der Waals surface area contributed by atoms with Crippen molar-refractivity contribution in [1.82, 2.24) is 0 Å². The van der Waals surface area contributed by atoms with Gasteiger partial charge in [-0.1, -0.05) is 50.3 Å². The van der Waals surface area contributed by atoms with Crippen LogP contribution in [-0.4, -0.2) is 33.2 Å². The first-order valence-electron chi connectivity index (χ1n) is 9.30. The summed E-state index contributed by atoms with van der Waals surface area (Å²) in [5.41, 5.74) is 0. The zero-order chi connectivity index (χ0) is 18.5. The van der Waals surface area contributed by atoms with E-state index in [9.17, 15) is 14.1 Å². The van der Waals surface area contributed by atoms with E-state index in [0.717, 1.165) is 43.4 Å². The zero-order valence-corrected chi connectivity index (χ0v) is 16.3. The van der Waals surface area contributed by atoms with Crippen molar-refractivity contribution in [3.05, 3.63) is 30.3 Å². The van der Waals surface area contributed by atoms with Gasteiger partial charge in [-0.2, -0.15) is 0 Å². The van der Waals surface area contributed by atoms with Gasteiger partial charge in [0.15, 0.2) is 0 Å². The lowest BCUT2D eigenvalue weighted by Gasteiger charge is -2.10. The van der Waals surface area contributed by atoms with E-state index in [1.54, 1.807) is 0 Å². The summed E-state index contributed by atoms with van der Waals surface area (Å²) in [5, 5.41) is 10.0. The third kappa shape index (κ3) is 11.1. The first-order chi connectivity index (χ1) is 12.0. The number of hydrogen-bond donors (Lipinski definition) is 1. The van der Waals surface area contributed by atoms with E-state index in [-0.39, 0.29) is 12.1 Å². The third-order valence-electron chi connectivity index (χ3n) is 3.89. The van der Waals surface area contributed by atoms with Gasteiger partial charge in [0.1, 0.15) is 0 Å². The number of carbonyl (C=O) groups is 1. The summed E-state index contributed by atoms with van der Waals surface area (Å²) in [6, 6.07) is 9.29. The Kier molecular flexibility index (Phi) is 11.4. The van der Waals surface area contributed by atoms with Crippen molar-refractivity contribution < 1.29 is 18.8 Å². The van der Waals surface area contributed by atoms with E-state index >= 15 is 0 Å². The Morgan fingerprint density at radius 1 is 1.04 bits per heavy atom. The summed E-state index contributed by atoms with van der Waals surface area (Å²) in [5.74, 6) is 0.201. The minimum Gasteiger partial charge on any atom is -0.463 e. The monoisotopic (exact) mass is 368 g/mol. The van der Waals surface area contributed by atoms with Crippen LogP contribution in [0.4, 0.5) is 0 Å². The van der Waals surface area contributed by atoms with Gasteiger partial charge in [-0.3, -0.25) is 9.00 Å². The summed E-state index contributed by atoms with van der Waals surface area (Å²) < 4.78 is 17.2. The molecule has 0 fully saturated rings. The number of carbonyl (C=O) groups excluding carboxylic acids is 1. The number of esters is 1. The van der Waals surface area contributed by atoms with Gasteiger partial charge < -0.3 is 9.84 Å². The molecule has 1 aromatic carbocycles. The fourth-order valence-corrected chi connectivity index (χ4v) is 3.77. The predicted molar refractivity (Wildman–Crippen MR) is 102 cm³/mol. The van der Waals surface area contributed by atoms with Crippen LogP contribution in [0.3, 0.4) is 0 Å². The fraction of sp³-hybridized carbons (Fsp3) is 0.650. The molecule has 1 rings (SSSR count). The molecule has 0 bridgehead atoms. The molecule has 0 amide bonds. The highest BCUT2D eigenvalue weighted by atomic mass is 32.2. The van der Waals surface area contributed by atoms with E-state index in [1.165, 1.54) is 0 Å². The molecule has 1 aromatic rings. The molecule has 142 valence electrons. The van der Waals surface area contributed by atoms with Crippen LogP contribution < -0.4 is 0 Å². The van der Waals surface area contributed by atoms with Crippen LogP contribution in [0, 0.1) is 0 Å². The average Bonchev–Trinajstić information content (AvgIpc) is 2.57. The van der Waals surface area contributed by atoms with E-state index in [1.807, 2.05) is 44.2 Å². The minimum atomic E-state index is -1.13. The SMILES string of the molecule is CC(C)OC(=O)CCCCCCCCC(O)CS(=O)c1ccccc1. The molecular weight excluding hydrogens is 336 g/mol. The van der Waals surface area contributed by atoms with Crippen LogP contribution in [0.2, 0.25) is 0 Å². The molecule has 0 spiro atoms. The number of benzene rings is 1. The van der Waals surface area contributed by atoms with Crippen LogP contribution in [-0.2, 0) is 20.3 Å². The van der Waals surface area contributed by atoms with Crippen LogP contribution in [0.15, 0.2) is 35.2 Å². The molecule has 0 saturated heterocycles. The lowest BCUT2D eigenvalue weighted by Crippen LogP contribution is -2.16. The second-order valence-electron chi connectivity index (χ2n) is 6.68. The Balaban J connectivity index is 1.99. The van der Waals surface area contributed by atoms with Crippen molar-refractivity contribution >= 4 is 16.8 Å². The lowest BCUT2D eigenvalue weighted by molar-refractivity contribution is -0.147. The highest BCUT2D eigenvalue weighted by molar-refractivity contribution is 7.85. The van der Waals surface area contributed by atoms with Crippen LogP contribution >= 0.6 is 0 Å². The van der Waals surface area contributed by atoms with E-state index in [0.29, 0.717) is 18.6 Å².